The minimum Gasteiger partial charge on any atom is -0.0622 e. The van der Waals surface area contributed by atoms with Gasteiger partial charge in [0.15, 0.2) is 0 Å². The van der Waals surface area contributed by atoms with E-state index in [0.717, 1.165) is 12.0 Å². The maximum atomic E-state index is 4.03. The summed E-state index contributed by atoms with van der Waals surface area (Å²) in [4.78, 5) is 0. The van der Waals surface area contributed by atoms with Crippen molar-refractivity contribution in [2.75, 3.05) is 0 Å². The predicted octanol–water partition coefficient (Wildman–Crippen LogP) is 5.57. The zero-order chi connectivity index (χ0) is 14.2. The van der Waals surface area contributed by atoms with Gasteiger partial charge in [-0.3, -0.25) is 0 Å². The molecule has 102 valence electrons. The molecular weight excluding hydrogens is 240 g/mol. The Morgan fingerprint density at radius 2 is 1.60 bits per heavy atom. The van der Waals surface area contributed by atoms with Gasteiger partial charge in [0.25, 0.3) is 0 Å². The van der Waals surface area contributed by atoms with Crippen LogP contribution >= 0.6 is 0 Å². The van der Waals surface area contributed by atoms with Crippen LogP contribution in [0.3, 0.4) is 0 Å². The zero-order valence-electron chi connectivity index (χ0n) is 12.3. The number of aryl methyl sites for hydroxylation is 1. The van der Waals surface area contributed by atoms with Crippen LogP contribution in [0.15, 0.2) is 72.8 Å². The maximum Gasteiger partial charge on any atom is 0.0968 e. The molecule has 2 rings (SSSR count). The second kappa shape index (κ2) is 7.59. The van der Waals surface area contributed by atoms with Crippen LogP contribution in [0, 0.1) is 6.42 Å². The first-order chi connectivity index (χ1) is 9.75. The van der Waals surface area contributed by atoms with Crippen molar-refractivity contribution < 1.29 is 0 Å². The quantitative estimate of drug-likeness (QED) is 0.572. The SMILES string of the molecule is C=C(C)[CH+]C(CCCc1ccccc1)c1ccccc1. The molecule has 0 heterocycles. The molecule has 0 heteroatoms. The first kappa shape index (κ1) is 14.5. The zero-order valence-corrected chi connectivity index (χ0v) is 12.3. The van der Waals surface area contributed by atoms with Crippen LogP contribution in [0.2, 0.25) is 0 Å². The molecule has 0 nitrogen and oxygen atoms in total. The van der Waals surface area contributed by atoms with Crippen molar-refractivity contribution >= 4 is 0 Å². The van der Waals surface area contributed by atoms with E-state index in [0.29, 0.717) is 5.92 Å². The molecular formula is C20H23+. The van der Waals surface area contributed by atoms with E-state index in [1.165, 1.54) is 24.0 Å². The Balaban J connectivity index is 1.93. The van der Waals surface area contributed by atoms with Crippen molar-refractivity contribution in [2.45, 2.75) is 32.1 Å². The van der Waals surface area contributed by atoms with Crippen molar-refractivity contribution in [3.63, 3.8) is 0 Å². The molecule has 0 radical (unpaired) electrons. The molecule has 0 aromatic heterocycles. The molecule has 0 saturated heterocycles. The fraction of sp³-hybridized carbons (Fsp3) is 0.250. The molecule has 0 saturated carbocycles. The molecule has 20 heavy (non-hydrogen) atoms. The molecule has 2 aromatic rings. The number of allylic oxidation sites excluding steroid dienone is 1. The van der Waals surface area contributed by atoms with Gasteiger partial charge in [-0.15, -0.1) is 0 Å². The van der Waals surface area contributed by atoms with E-state index in [4.69, 9.17) is 0 Å². The van der Waals surface area contributed by atoms with Gasteiger partial charge in [0.2, 0.25) is 0 Å². The summed E-state index contributed by atoms with van der Waals surface area (Å²) in [6.07, 6.45) is 5.81. The summed E-state index contributed by atoms with van der Waals surface area (Å²) in [6.45, 7) is 6.11. The van der Waals surface area contributed by atoms with E-state index in [1.807, 2.05) is 0 Å². The standard InChI is InChI=1S/C20H23/c1-17(2)16-20(19-13-7-4-8-14-19)15-9-12-18-10-5-3-6-11-18/h3-8,10-11,13-14,16,20H,1,9,12,15H2,2H3/q+1. The summed E-state index contributed by atoms with van der Waals surface area (Å²) >= 11 is 0. The van der Waals surface area contributed by atoms with Gasteiger partial charge in [0, 0.05) is 6.58 Å². The molecule has 1 unspecified atom stereocenters. The molecule has 0 aliphatic carbocycles. The first-order valence-corrected chi connectivity index (χ1v) is 7.35. The molecule has 0 aliphatic rings. The van der Waals surface area contributed by atoms with Crippen molar-refractivity contribution in [1.82, 2.24) is 0 Å². The van der Waals surface area contributed by atoms with Gasteiger partial charge in [-0.25, -0.2) is 0 Å². The normalized spacial score (nSPS) is 11.8. The molecule has 0 aliphatic heterocycles. The van der Waals surface area contributed by atoms with E-state index in [2.05, 4.69) is 80.6 Å². The fourth-order valence-electron chi connectivity index (χ4n) is 2.56. The third-order valence-corrected chi connectivity index (χ3v) is 3.54. The van der Waals surface area contributed by atoms with Crippen LogP contribution in [0.4, 0.5) is 0 Å². The van der Waals surface area contributed by atoms with Gasteiger partial charge in [-0.2, -0.15) is 0 Å². The average molecular weight is 263 g/mol. The largest absolute Gasteiger partial charge is 0.0968 e. The van der Waals surface area contributed by atoms with E-state index in [-0.39, 0.29) is 0 Å². The lowest BCUT2D eigenvalue weighted by Gasteiger charge is -2.12. The highest BCUT2D eigenvalue weighted by atomic mass is 14.2. The average Bonchev–Trinajstić information content (AvgIpc) is 2.48. The Morgan fingerprint density at radius 1 is 1.00 bits per heavy atom. The van der Waals surface area contributed by atoms with Crippen LogP contribution in [-0.2, 0) is 6.42 Å². The summed E-state index contributed by atoms with van der Waals surface area (Å²) in [5, 5.41) is 0. The van der Waals surface area contributed by atoms with Crippen LogP contribution in [0.1, 0.15) is 36.8 Å². The van der Waals surface area contributed by atoms with Crippen LogP contribution in [-0.4, -0.2) is 0 Å². The van der Waals surface area contributed by atoms with Gasteiger partial charge < -0.3 is 0 Å². The van der Waals surface area contributed by atoms with Gasteiger partial charge in [0.05, 0.1) is 17.9 Å². The van der Waals surface area contributed by atoms with E-state index in [1.54, 1.807) is 0 Å². The van der Waals surface area contributed by atoms with Crippen molar-refractivity contribution in [3.8, 4) is 0 Å². The van der Waals surface area contributed by atoms with Gasteiger partial charge in [-0.1, -0.05) is 60.7 Å². The van der Waals surface area contributed by atoms with E-state index < -0.39 is 0 Å². The molecule has 0 fully saturated rings. The minimum absolute atomic E-state index is 0.484. The van der Waals surface area contributed by atoms with Gasteiger partial charge >= 0.3 is 0 Å². The Hall–Kier alpha value is -1.95. The maximum absolute atomic E-state index is 4.03. The molecule has 1 atom stereocenters. The van der Waals surface area contributed by atoms with Gasteiger partial charge in [0.1, 0.15) is 0 Å². The lowest BCUT2D eigenvalue weighted by atomic mass is 9.88. The van der Waals surface area contributed by atoms with Crippen LogP contribution in [0.25, 0.3) is 0 Å². The number of hydrogen-bond donors (Lipinski definition) is 0. The lowest BCUT2D eigenvalue weighted by Crippen LogP contribution is -2.01. The smallest absolute Gasteiger partial charge is 0.0622 e. The Labute approximate surface area is 123 Å². The van der Waals surface area contributed by atoms with Crippen LogP contribution in [0.5, 0.6) is 0 Å². The first-order valence-electron chi connectivity index (χ1n) is 7.35. The lowest BCUT2D eigenvalue weighted by molar-refractivity contribution is 0.652. The fourth-order valence-corrected chi connectivity index (χ4v) is 2.56. The summed E-state index contributed by atoms with van der Waals surface area (Å²) in [5.74, 6) is 0.484. The van der Waals surface area contributed by atoms with Gasteiger partial charge in [-0.05, 0) is 37.3 Å². The Kier molecular flexibility index (Phi) is 5.49. The summed E-state index contributed by atoms with van der Waals surface area (Å²) < 4.78 is 0. The highest BCUT2D eigenvalue weighted by molar-refractivity contribution is 5.26. The second-order valence-electron chi connectivity index (χ2n) is 5.41. The highest BCUT2D eigenvalue weighted by Crippen LogP contribution is 2.27. The monoisotopic (exact) mass is 263 g/mol. The number of hydrogen-bond acceptors (Lipinski definition) is 0. The topological polar surface area (TPSA) is 0 Å². The molecule has 0 spiro atoms. The molecule has 0 N–H and O–H groups in total. The summed E-state index contributed by atoms with van der Waals surface area (Å²) in [7, 11) is 0. The molecule has 0 bridgehead atoms. The highest BCUT2D eigenvalue weighted by Gasteiger charge is 2.16. The van der Waals surface area contributed by atoms with Crippen molar-refractivity contribution in [1.29, 1.82) is 0 Å². The molecule has 0 amide bonds. The molecule has 2 aromatic carbocycles. The Bertz CT molecular complexity index is 510. The van der Waals surface area contributed by atoms with E-state index >= 15 is 0 Å². The third-order valence-electron chi connectivity index (χ3n) is 3.54. The predicted molar refractivity (Wildman–Crippen MR) is 87.7 cm³/mol. The van der Waals surface area contributed by atoms with Crippen molar-refractivity contribution in [2.24, 2.45) is 0 Å². The minimum atomic E-state index is 0.484. The number of benzene rings is 2. The number of rotatable bonds is 7. The summed E-state index contributed by atoms with van der Waals surface area (Å²) in [6, 6.07) is 21.5. The van der Waals surface area contributed by atoms with Crippen LogP contribution < -0.4 is 0 Å². The summed E-state index contributed by atoms with van der Waals surface area (Å²) in [5.41, 5.74) is 3.97. The Morgan fingerprint density at radius 3 is 2.20 bits per heavy atom. The van der Waals surface area contributed by atoms with E-state index in [9.17, 15) is 0 Å². The van der Waals surface area contributed by atoms with Crippen molar-refractivity contribution in [3.05, 3.63) is 90.4 Å². The second-order valence-corrected chi connectivity index (χ2v) is 5.41. The third kappa shape index (κ3) is 4.62.